The summed E-state index contributed by atoms with van der Waals surface area (Å²) in [4.78, 5) is 12.8. The van der Waals surface area contributed by atoms with Crippen molar-refractivity contribution >= 4 is 5.97 Å². The van der Waals surface area contributed by atoms with Crippen LogP contribution in [0.1, 0.15) is 27.6 Å². The number of aliphatic hydroxyl groups excluding tert-OH is 1. The number of aromatic hydroxyl groups is 1. The Labute approximate surface area is 166 Å². The second-order valence-corrected chi connectivity index (χ2v) is 7.68. The van der Waals surface area contributed by atoms with E-state index in [4.69, 9.17) is 18.9 Å². The quantitative estimate of drug-likeness (QED) is 0.595. The van der Waals surface area contributed by atoms with E-state index in [0.29, 0.717) is 34.6 Å². The Balaban J connectivity index is 1.30. The van der Waals surface area contributed by atoms with Crippen molar-refractivity contribution in [2.75, 3.05) is 0 Å². The van der Waals surface area contributed by atoms with Gasteiger partial charge in [-0.15, -0.1) is 0 Å². The molecule has 1 fully saturated rings. The summed E-state index contributed by atoms with van der Waals surface area (Å²) < 4.78 is 23.1. The number of ether oxygens (including phenoxy) is 4. The highest BCUT2D eigenvalue weighted by molar-refractivity contribution is 5.92. The van der Waals surface area contributed by atoms with Gasteiger partial charge < -0.3 is 29.2 Å². The Morgan fingerprint density at radius 1 is 1.03 bits per heavy atom. The van der Waals surface area contributed by atoms with E-state index >= 15 is 0 Å². The first kappa shape index (κ1) is 16.9. The average Bonchev–Trinajstić information content (AvgIpc) is 3.35. The molecule has 0 amide bonds. The predicted octanol–water partition coefficient (Wildman–Crippen LogP) is 2.05. The summed E-state index contributed by atoms with van der Waals surface area (Å²) in [6.45, 7) is 0. The van der Waals surface area contributed by atoms with Gasteiger partial charge in [0.1, 0.15) is 41.7 Å². The smallest absolute Gasteiger partial charge is 0.339 e. The molecule has 1 aliphatic carbocycles. The van der Waals surface area contributed by atoms with Crippen molar-refractivity contribution in [3.63, 3.8) is 0 Å². The number of phenolic OH excluding ortho intramolecular Hbond substituents is 1. The Morgan fingerprint density at radius 3 is 2.59 bits per heavy atom. The average molecular weight is 394 g/mol. The van der Waals surface area contributed by atoms with E-state index in [2.05, 4.69) is 0 Å². The van der Waals surface area contributed by atoms with Crippen LogP contribution in [0.4, 0.5) is 0 Å². The molecule has 7 rings (SSSR count). The molecule has 0 saturated carbocycles. The highest BCUT2D eigenvalue weighted by atomic mass is 16.6. The number of carbonyl (C=O) groups excluding carboxylic acids is 1. The highest BCUT2D eigenvalue weighted by Crippen LogP contribution is 2.45. The minimum Gasteiger partial charge on any atom is -0.507 e. The van der Waals surface area contributed by atoms with Crippen LogP contribution in [-0.2, 0) is 15.9 Å². The molecule has 2 N–H and O–H groups in total. The molecule has 4 heterocycles. The molecule has 4 aliphatic heterocycles. The lowest BCUT2D eigenvalue weighted by Crippen LogP contribution is -2.50. The Morgan fingerprint density at radius 2 is 1.79 bits per heavy atom. The third-order valence-electron chi connectivity index (χ3n) is 6.01. The fourth-order valence-corrected chi connectivity index (χ4v) is 4.54. The fraction of sp³-hybridized carbons (Fsp3) is 0.318. The Kier molecular flexibility index (Phi) is 3.48. The first-order valence-corrected chi connectivity index (χ1v) is 9.60. The van der Waals surface area contributed by atoms with Gasteiger partial charge in [0, 0.05) is 12.0 Å². The maximum Gasteiger partial charge on any atom is 0.339 e. The molecule has 148 valence electrons. The zero-order valence-electron chi connectivity index (χ0n) is 15.2. The van der Waals surface area contributed by atoms with Crippen molar-refractivity contribution in [1.82, 2.24) is 0 Å². The van der Waals surface area contributed by atoms with Crippen LogP contribution in [0, 0.1) is 0 Å². The lowest BCUT2D eigenvalue weighted by atomic mass is 9.88. The number of esters is 1. The summed E-state index contributed by atoms with van der Waals surface area (Å²) in [5, 5.41) is 20.9. The van der Waals surface area contributed by atoms with Crippen molar-refractivity contribution in [2.24, 2.45) is 0 Å². The molecule has 7 nitrogen and oxygen atoms in total. The van der Waals surface area contributed by atoms with E-state index < -0.39 is 24.3 Å². The summed E-state index contributed by atoms with van der Waals surface area (Å²) in [5.74, 6) is 0.463. The molecular weight excluding hydrogens is 376 g/mol. The summed E-state index contributed by atoms with van der Waals surface area (Å²) in [6.07, 6.45) is 1.36. The molecule has 29 heavy (non-hydrogen) atoms. The van der Waals surface area contributed by atoms with E-state index in [9.17, 15) is 15.0 Å². The van der Waals surface area contributed by atoms with E-state index in [1.54, 1.807) is 30.3 Å². The first-order valence-electron chi connectivity index (χ1n) is 9.60. The predicted molar refractivity (Wildman–Crippen MR) is 99.0 cm³/mol. The van der Waals surface area contributed by atoms with Gasteiger partial charge in [-0.25, -0.2) is 4.79 Å². The van der Waals surface area contributed by atoms with Crippen LogP contribution in [0.15, 0.2) is 48.6 Å². The first-order chi connectivity index (χ1) is 14.1. The topological polar surface area (TPSA) is 94.5 Å². The highest BCUT2D eigenvalue weighted by Gasteiger charge is 2.48. The second kappa shape index (κ2) is 5.98. The number of phenols is 1. The van der Waals surface area contributed by atoms with Crippen LogP contribution < -0.4 is 9.47 Å². The number of benzene rings is 2. The van der Waals surface area contributed by atoms with Crippen molar-refractivity contribution in [2.45, 2.75) is 43.0 Å². The summed E-state index contributed by atoms with van der Waals surface area (Å²) in [7, 11) is 0. The molecule has 1 saturated heterocycles. The zero-order valence-corrected chi connectivity index (χ0v) is 15.2. The second-order valence-electron chi connectivity index (χ2n) is 7.68. The van der Waals surface area contributed by atoms with E-state index in [1.807, 2.05) is 12.2 Å². The molecule has 0 radical (unpaired) electrons. The van der Waals surface area contributed by atoms with Crippen molar-refractivity contribution in [3.8, 4) is 17.2 Å². The normalized spacial score (nSPS) is 32.7. The van der Waals surface area contributed by atoms with Crippen LogP contribution >= 0.6 is 0 Å². The minimum atomic E-state index is -1.04. The van der Waals surface area contributed by atoms with E-state index in [1.165, 1.54) is 6.07 Å². The Hall–Kier alpha value is -3.03. The van der Waals surface area contributed by atoms with Crippen LogP contribution in [0.5, 0.6) is 17.2 Å². The molecule has 2 aromatic rings. The Bertz CT molecular complexity index is 1030. The van der Waals surface area contributed by atoms with Crippen molar-refractivity contribution < 1.29 is 34.0 Å². The maximum atomic E-state index is 12.8. The van der Waals surface area contributed by atoms with Gasteiger partial charge >= 0.3 is 5.97 Å². The van der Waals surface area contributed by atoms with E-state index in [-0.39, 0.29) is 24.1 Å². The number of carbonyl (C=O) groups is 1. The van der Waals surface area contributed by atoms with E-state index in [0.717, 1.165) is 0 Å². The van der Waals surface area contributed by atoms with Crippen LogP contribution in [0.3, 0.4) is 0 Å². The SMILES string of the molecule is O=C(OC1C2C=CC1O2)c1cccc2c1CC1Oc3cccc(O)c3C(O)C1O2. The lowest BCUT2D eigenvalue weighted by molar-refractivity contribution is -0.165. The third kappa shape index (κ3) is 2.41. The summed E-state index contributed by atoms with van der Waals surface area (Å²) in [6, 6.07) is 10.0. The molecule has 5 unspecified atom stereocenters. The standard InChI is InChI=1S/C22H18O7/c23-12-4-2-6-14-18(12)19(24)21-17(26-14)9-11-10(3-1-5-13(11)28-21)22(25)29-20-15-7-8-16(20)27-15/h1-8,15-17,19-21,23-24H,9H2. The largest absolute Gasteiger partial charge is 0.507 e. The number of hydrogen-bond acceptors (Lipinski definition) is 7. The van der Waals surface area contributed by atoms with Gasteiger partial charge in [0.05, 0.1) is 11.1 Å². The monoisotopic (exact) mass is 394 g/mol. The molecular formula is C22H18O7. The van der Waals surface area contributed by atoms with Gasteiger partial charge in [-0.2, -0.15) is 0 Å². The van der Waals surface area contributed by atoms with Crippen molar-refractivity contribution in [3.05, 3.63) is 65.2 Å². The van der Waals surface area contributed by atoms with Gasteiger partial charge in [-0.05, 0) is 24.3 Å². The lowest BCUT2D eigenvalue weighted by Gasteiger charge is -2.41. The molecule has 2 aromatic carbocycles. The summed E-state index contributed by atoms with van der Waals surface area (Å²) >= 11 is 0. The van der Waals surface area contributed by atoms with Crippen LogP contribution in [-0.4, -0.2) is 46.7 Å². The molecule has 0 spiro atoms. The zero-order chi connectivity index (χ0) is 19.7. The molecule has 2 bridgehead atoms. The van der Waals surface area contributed by atoms with Crippen molar-refractivity contribution in [1.29, 1.82) is 0 Å². The number of rotatable bonds is 2. The number of fused-ring (bicyclic) bond motifs is 3. The van der Waals surface area contributed by atoms with Gasteiger partial charge in [0.15, 0.2) is 12.2 Å². The fourth-order valence-electron chi connectivity index (χ4n) is 4.54. The molecule has 5 atom stereocenters. The van der Waals surface area contributed by atoms with Crippen LogP contribution in [0.25, 0.3) is 0 Å². The molecule has 0 aromatic heterocycles. The van der Waals surface area contributed by atoms with Crippen LogP contribution in [0.2, 0.25) is 0 Å². The van der Waals surface area contributed by atoms with Gasteiger partial charge in [-0.1, -0.05) is 24.3 Å². The number of hydrogen-bond donors (Lipinski definition) is 2. The molecule has 5 aliphatic rings. The number of aliphatic hydroxyl groups is 1. The van der Waals surface area contributed by atoms with Gasteiger partial charge in [0.25, 0.3) is 0 Å². The molecule has 7 heteroatoms. The van der Waals surface area contributed by atoms with Gasteiger partial charge in [0.2, 0.25) is 0 Å². The van der Waals surface area contributed by atoms with Gasteiger partial charge in [-0.3, -0.25) is 0 Å². The minimum absolute atomic E-state index is 0.0360. The summed E-state index contributed by atoms with van der Waals surface area (Å²) in [5.41, 5.74) is 1.43. The third-order valence-corrected chi connectivity index (χ3v) is 6.01. The maximum absolute atomic E-state index is 12.8.